The largest absolute Gasteiger partial charge is 0.328 e. The van der Waals surface area contributed by atoms with Gasteiger partial charge in [-0.25, -0.2) is 18.2 Å². The fourth-order valence-corrected chi connectivity index (χ4v) is 2.17. The normalized spacial score (nSPS) is 10.5. The van der Waals surface area contributed by atoms with E-state index in [9.17, 15) is 22.8 Å². The van der Waals surface area contributed by atoms with Gasteiger partial charge in [-0.3, -0.25) is 14.6 Å². The second-order valence-electron chi connectivity index (χ2n) is 5.54. The zero-order chi connectivity index (χ0) is 19.3. The number of amides is 2. The zero-order valence-electron chi connectivity index (χ0n) is 14.2. The van der Waals surface area contributed by atoms with Crippen LogP contribution in [0.25, 0.3) is 0 Å². The number of aromatic nitrogens is 2. The summed E-state index contributed by atoms with van der Waals surface area (Å²) in [5.41, 5.74) is 0.193. The van der Waals surface area contributed by atoms with E-state index in [4.69, 9.17) is 0 Å². The molecule has 0 fully saturated rings. The molecule has 0 aliphatic rings. The second-order valence-corrected chi connectivity index (χ2v) is 5.54. The van der Waals surface area contributed by atoms with E-state index < -0.39 is 41.5 Å². The van der Waals surface area contributed by atoms with Gasteiger partial charge in [-0.15, -0.1) is 0 Å². The molecule has 1 aromatic heterocycles. The molecule has 0 spiro atoms. The van der Waals surface area contributed by atoms with E-state index in [1.165, 1.54) is 17.3 Å². The summed E-state index contributed by atoms with van der Waals surface area (Å²) in [6.45, 7) is 3.38. The van der Waals surface area contributed by atoms with Crippen molar-refractivity contribution in [2.45, 2.75) is 20.3 Å². The van der Waals surface area contributed by atoms with Gasteiger partial charge >= 0.3 is 0 Å². The molecule has 0 saturated heterocycles. The van der Waals surface area contributed by atoms with Crippen molar-refractivity contribution in [3.8, 4) is 0 Å². The van der Waals surface area contributed by atoms with Crippen molar-refractivity contribution >= 4 is 17.5 Å². The van der Waals surface area contributed by atoms with Gasteiger partial charge in [0.2, 0.25) is 5.91 Å². The Morgan fingerprint density at radius 1 is 1.12 bits per heavy atom. The van der Waals surface area contributed by atoms with Crippen molar-refractivity contribution in [2.24, 2.45) is 0 Å². The van der Waals surface area contributed by atoms with Crippen LogP contribution in [0.2, 0.25) is 0 Å². The van der Waals surface area contributed by atoms with Crippen LogP contribution < -0.4 is 5.32 Å². The summed E-state index contributed by atoms with van der Waals surface area (Å²) < 4.78 is 39.8. The molecular weight excluding hydrogens is 349 g/mol. The first-order valence-corrected chi connectivity index (χ1v) is 7.84. The molecular formula is C17H17F3N4O2. The third-order valence-corrected chi connectivity index (χ3v) is 3.42. The first-order valence-electron chi connectivity index (χ1n) is 7.84. The third kappa shape index (κ3) is 4.56. The Morgan fingerprint density at radius 2 is 1.85 bits per heavy atom. The number of benzene rings is 1. The maximum Gasteiger partial charge on any atom is 0.274 e. The molecule has 26 heavy (non-hydrogen) atoms. The fraction of sp³-hybridized carbons (Fsp3) is 0.294. The number of hydrogen-bond acceptors (Lipinski definition) is 4. The Labute approximate surface area is 148 Å². The molecule has 9 heteroatoms. The summed E-state index contributed by atoms with van der Waals surface area (Å²) in [4.78, 5) is 33.7. The maximum atomic E-state index is 13.6. The molecule has 0 aliphatic carbocycles. The van der Waals surface area contributed by atoms with E-state index in [-0.39, 0.29) is 12.2 Å². The summed E-state index contributed by atoms with van der Waals surface area (Å²) in [5.74, 6) is -5.81. The smallest absolute Gasteiger partial charge is 0.274 e. The van der Waals surface area contributed by atoms with E-state index in [0.29, 0.717) is 18.2 Å². The van der Waals surface area contributed by atoms with Gasteiger partial charge in [0.15, 0.2) is 17.5 Å². The summed E-state index contributed by atoms with van der Waals surface area (Å²) in [6, 6.07) is 1.61. The van der Waals surface area contributed by atoms with Gasteiger partial charge in [0.1, 0.15) is 12.2 Å². The van der Waals surface area contributed by atoms with Crippen molar-refractivity contribution in [1.82, 2.24) is 14.9 Å². The van der Waals surface area contributed by atoms with Crippen LogP contribution in [0.5, 0.6) is 0 Å². The summed E-state index contributed by atoms with van der Waals surface area (Å²) >= 11 is 0. The zero-order valence-corrected chi connectivity index (χ0v) is 14.2. The summed E-state index contributed by atoms with van der Waals surface area (Å²) in [5, 5.41) is 2.13. The third-order valence-electron chi connectivity index (χ3n) is 3.42. The van der Waals surface area contributed by atoms with Crippen LogP contribution in [0, 0.1) is 24.4 Å². The standard InChI is InChI=1S/C17H17F3N4O2/c1-3-6-24(17(26)13-8-21-10(2)7-22-13)9-14(25)23-12-5-4-11(18)15(19)16(12)20/h4-5,7-8H,3,6,9H2,1-2H3,(H,23,25). The topological polar surface area (TPSA) is 75.2 Å². The van der Waals surface area contributed by atoms with Gasteiger partial charge in [0, 0.05) is 12.7 Å². The minimum atomic E-state index is -1.68. The highest BCUT2D eigenvalue weighted by atomic mass is 19.2. The average Bonchev–Trinajstić information content (AvgIpc) is 2.62. The summed E-state index contributed by atoms with van der Waals surface area (Å²) in [7, 11) is 0. The van der Waals surface area contributed by atoms with Crippen molar-refractivity contribution in [2.75, 3.05) is 18.4 Å². The van der Waals surface area contributed by atoms with Gasteiger partial charge in [0.25, 0.3) is 5.91 Å². The Morgan fingerprint density at radius 3 is 2.46 bits per heavy atom. The molecule has 0 bridgehead atoms. The van der Waals surface area contributed by atoms with Crippen molar-refractivity contribution in [3.05, 3.63) is 53.4 Å². The molecule has 0 saturated carbocycles. The van der Waals surface area contributed by atoms with E-state index >= 15 is 0 Å². The molecule has 0 unspecified atom stereocenters. The SMILES string of the molecule is CCCN(CC(=O)Nc1ccc(F)c(F)c1F)C(=O)c1cnc(C)cn1. The molecule has 1 aromatic carbocycles. The first kappa shape index (κ1) is 19.4. The Hall–Kier alpha value is -2.97. The Kier molecular flexibility index (Phi) is 6.26. The molecule has 2 aromatic rings. The van der Waals surface area contributed by atoms with Crippen molar-refractivity contribution in [1.29, 1.82) is 0 Å². The predicted molar refractivity (Wildman–Crippen MR) is 87.9 cm³/mol. The van der Waals surface area contributed by atoms with Gasteiger partial charge in [-0.2, -0.15) is 0 Å². The minimum Gasteiger partial charge on any atom is -0.328 e. The predicted octanol–water partition coefficient (Wildman–Crippen LogP) is 2.69. The molecule has 1 N–H and O–H groups in total. The van der Waals surface area contributed by atoms with E-state index in [2.05, 4.69) is 15.3 Å². The molecule has 0 atom stereocenters. The lowest BCUT2D eigenvalue weighted by Crippen LogP contribution is -2.39. The van der Waals surface area contributed by atoms with Crippen LogP contribution in [0.15, 0.2) is 24.5 Å². The molecule has 6 nitrogen and oxygen atoms in total. The monoisotopic (exact) mass is 366 g/mol. The van der Waals surface area contributed by atoms with E-state index in [1.807, 2.05) is 6.92 Å². The lowest BCUT2D eigenvalue weighted by Gasteiger charge is -2.21. The van der Waals surface area contributed by atoms with Gasteiger partial charge in [-0.1, -0.05) is 6.92 Å². The minimum absolute atomic E-state index is 0.0656. The van der Waals surface area contributed by atoms with Crippen molar-refractivity contribution < 1.29 is 22.8 Å². The number of carbonyl (C=O) groups excluding carboxylic acids is 2. The fourth-order valence-electron chi connectivity index (χ4n) is 2.17. The Balaban J connectivity index is 2.11. The average molecular weight is 366 g/mol. The molecule has 2 amide bonds. The first-order chi connectivity index (χ1) is 12.3. The van der Waals surface area contributed by atoms with Gasteiger partial charge in [-0.05, 0) is 25.5 Å². The number of aryl methyl sites for hydroxylation is 1. The van der Waals surface area contributed by atoms with E-state index in [0.717, 1.165) is 6.07 Å². The maximum absolute atomic E-state index is 13.6. The van der Waals surface area contributed by atoms with Crippen LogP contribution in [0.3, 0.4) is 0 Å². The number of nitrogens with zero attached hydrogens (tertiary/aromatic N) is 3. The molecule has 0 aliphatic heterocycles. The highest BCUT2D eigenvalue weighted by Gasteiger charge is 2.21. The number of carbonyl (C=O) groups is 2. The molecule has 2 rings (SSSR count). The molecule has 1 heterocycles. The van der Waals surface area contributed by atoms with E-state index in [1.54, 1.807) is 6.92 Å². The summed E-state index contributed by atoms with van der Waals surface area (Å²) in [6.07, 6.45) is 3.29. The van der Waals surface area contributed by atoms with Gasteiger partial charge in [0.05, 0.1) is 17.6 Å². The lowest BCUT2D eigenvalue weighted by molar-refractivity contribution is -0.116. The molecule has 0 radical (unpaired) electrons. The number of hydrogen-bond donors (Lipinski definition) is 1. The molecule has 138 valence electrons. The van der Waals surface area contributed by atoms with Crippen LogP contribution in [0.1, 0.15) is 29.5 Å². The van der Waals surface area contributed by atoms with Crippen LogP contribution in [0.4, 0.5) is 18.9 Å². The number of halogens is 3. The number of nitrogens with one attached hydrogen (secondary N) is 1. The Bertz CT molecular complexity index is 812. The number of anilines is 1. The second kappa shape index (κ2) is 8.41. The van der Waals surface area contributed by atoms with Crippen LogP contribution in [-0.4, -0.2) is 39.8 Å². The lowest BCUT2D eigenvalue weighted by atomic mass is 10.2. The highest BCUT2D eigenvalue weighted by molar-refractivity contribution is 5.98. The van der Waals surface area contributed by atoms with Crippen LogP contribution in [-0.2, 0) is 4.79 Å². The van der Waals surface area contributed by atoms with Crippen LogP contribution >= 0.6 is 0 Å². The number of rotatable bonds is 6. The van der Waals surface area contributed by atoms with Gasteiger partial charge < -0.3 is 10.2 Å². The van der Waals surface area contributed by atoms with Crippen molar-refractivity contribution in [3.63, 3.8) is 0 Å². The quantitative estimate of drug-likeness (QED) is 0.798. The highest BCUT2D eigenvalue weighted by Crippen LogP contribution is 2.19.